The molecule has 1 rings (SSSR count). The average Bonchev–Trinajstić information content (AvgIpc) is 2.36. The number of guanidine groups is 1. The Hall–Kier alpha value is -0.540. The molecule has 1 aromatic carbocycles. The summed E-state index contributed by atoms with van der Waals surface area (Å²) < 4.78 is 11.3. The first-order valence-electron chi connectivity index (χ1n) is 5.94. The van der Waals surface area contributed by atoms with E-state index >= 15 is 0 Å². The second kappa shape index (κ2) is 10.2. The lowest BCUT2D eigenvalue weighted by Gasteiger charge is -2.13. The van der Waals surface area contributed by atoms with E-state index in [1.54, 1.807) is 14.2 Å². The van der Waals surface area contributed by atoms with Crippen LogP contribution in [0.4, 0.5) is 0 Å². The normalized spacial score (nSPS) is 12.5. The van der Waals surface area contributed by atoms with Crippen molar-refractivity contribution in [1.82, 2.24) is 5.32 Å². The molecule has 3 N–H and O–H groups in total. The molecule has 0 bridgehead atoms. The summed E-state index contributed by atoms with van der Waals surface area (Å²) in [5.41, 5.74) is 6.79. The number of nitrogens with two attached hydrogens (primary N) is 1. The summed E-state index contributed by atoms with van der Waals surface area (Å²) >= 11 is 3.43. The van der Waals surface area contributed by atoms with Crippen LogP contribution in [0.15, 0.2) is 27.7 Å². The SMILES string of the molecule is COCC(C)NC(N)=NCc1cc(Br)ccc1OC.I. The van der Waals surface area contributed by atoms with Crippen LogP contribution in [0.2, 0.25) is 0 Å². The number of hydrogen-bond donors (Lipinski definition) is 2. The van der Waals surface area contributed by atoms with E-state index in [4.69, 9.17) is 15.2 Å². The Balaban J connectivity index is 0.00000361. The number of hydrogen-bond acceptors (Lipinski definition) is 3. The van der Waals surface area contributed by atoms with E-state index in [0.717, 1.165) is 15.8 Å². The standard InChI is InChI=1S/C13H20BrN3O2.HI/c1-9(8-18-2)17-13(15)16-7-10-6-11(14)4-5-12(10)19-3;/h4-6,9H,7-8H2,1-3H3,(H3,15,16,17);1H. The number of rotatable bonds is 6. The molecule has 1 unspecified atom stereocenters. The van der Waals surface area contributed by atoms with Crippen LogP contribution >= 0.6 is 39.9 Å². The molecule has 1 aromatic rings. The van der Waals surface area contributed by atoms with Crippen molar-refractivity contribution in [3.05, 3.63) is 28.2 Å². The maximum absolute atomic E-state index is 5.81. The largest absolute Gasteiger partial charge is 0.496 e. The monoisotopic (exact) mass is 457 g/mol. The first-order chi connectivity index (χ1) is 9.06. The van der Waals surface area contributed by atoms with Crippen molar-refractivity contribution in [2.24, 2.45) is 10.7 Å². The van der Waals surface area contributed by atoms with Crippen LogP contribution in [-0.2, 0) is 11.3 Å². The fourth-order valence-corrected chi connectivity index (χ4v) is 2.04. The van der Waals surface area contributed by atoms with Crippen molar-refractivity contribution in [2.75, 3.05) is 20.8 Å². The minimum atomic E-state index is 0. The Morgan fingerprint density at radius 1 is 1.45 bits per heavy atom. The molecule has 0 saturated carbocycles. The van der Waals surface area contributed by atoms with Crippen molar-refractivity contribution in [2.45, 2.75) is 19.5 Å². The van der Waals surface area contributed by atoms with Crippen molar-refractivity contribution >= 4 is 45.9 Å². The lowest BCUT2D eigenvalue weighted by atomic mass is 10.2. The highest BCUT2D eigenvalue weighted by atomic mass is 127. The van der Waals surface area contributed by atoms with Gasteiger partial charge < -0.3 is 20.5 Å². The van der Waals surface area contributed by atoms with Crippen LogP contribution < -0.4 is 15.8 Å². The molecule has 0 radical (unpaired) electrons. The summed E-state index contributed by atoms with van der Waals surface area (Å²) in [6.07, 6.45) is 0. The summed E-state index contributed by atoms with van der Waals surface area (Å²) in [7, 11) is 3.29. The second-order valence-electron chi connectivity index (χ2n) is 4.16. The molecule has 0 aromatic heterocycles. The number of methoxy groups -OCH3 is 2. The number of nitrogens with zero attached hydrogens (tertiary/aromatic N) is 1. The third-order valence-electron chi connectivity index (χ3n) is 2.47. The van der Waals surface area contributed by atoms with Gasteiger partial charge in [-0.3, -0.25) is 0 Å². The van der Waals surface area contributed by atoms with Crippen LogP contribution in [0, 0.1) is 0 Å². The van der Waals surface area contributed by atoms with E-state index in [9.17, 15) is 0 Å². The predicted octanol–water partition coefficient (Wildman–Crippen LogP) is 2.51. The molecule has 7 heteroatoms. The fourth-order valence-electron chi connectivity index (χ4n) is 1.63. The van der Waals surface area contributed by atoms with Crippen molar-refractivity contribution in [3.8, 4) is 5.75 Å². The van der Waals surface area contributed by atoms with Crippen molar-refractivity contribution < 1.29 is 9.47 Å². The number of nitrogens with one attached hydrogen (secondary N) is 1. The number of halogens is 2. The van der Waals surface area contributed by atoms with Crippen LogP contribution in [0.3, 0.4) is 0 Å². The van der Waals surface area contributed by atoms with Gasteiger partial charge in [0.15, 0.2) is 5.96 Å². The Labute approximate surface area is 145 Å². The van der Waals surface area contributed by atoms with E-state index in [1.165, 1.54) is 0 Å². The molecule has 0 heterocycles. The molecule has 5 nitrogen and oxygen atoms in total. The Bertz CT molecular complexity index is 444. The van der Waals surface area contributed by atoms with Gasteiger partial charge in [-0.2, -0.15) is 0 Å². The molecule has 0 fully saturated rings. The molecule has 0 aliphatic rings. The molecular weight excluding hydrogens is 437 g/mol. The van der Waals surface area contributed by atoms with Gasteiger partial charge in [-0.15, -0.1) is 24.0 Å². The van der Waals surface area contributed by atoms with Crippen molar-refractivity contribution in [3.63, 3.8) is 0 Å². The maximum atomic E-state index is 5.81. The van der Waals surface area contributed by atoms with Gasteiger partial charge in [-0.1, -0.05) is 15.9 Å². The van der Waals surface area contributed by atoms with Gasteiger partial charge in [0.05, 0.1) is 20.3 Å². The molecule has 0 saturated heterocycles. The zero-order valence-electron chi connectivity index (χ0n) is 11.9. The third kappa shape index (κ3) is 6.76. The van der Waals surface area contributed by atoms with Crippen molar-refractivity contribution in [1.29, 1.82) is 0 Å². The smallest absolute Gasteiger partial charge is 0.189 e. The quantitative estimate of drug-likeness (QED) is 0.391. The third-order valence-corrected chi connectivity index (χ3v) is 2.97. The first-order valence-corrected chi connectivity index (χ1v) is 6.74. The Morgan fingerprint density at radius 3 is 2.75 bits per heavy atom. The van der Waals surface area contributed by atoms with Gasteiger partial charge in [0, 0.05) is 23.2 Å². The number of benzene rings is 1. The Morgan fingerprint density at radius 2 is 2.15 bits per heavy atom. The molecular formula is C13H21BrIN3O2. The fraction of sp³-hybridized carbons (Fsp3) is 0.462. The minimum Gasteiger partial charge on any atom is -0.496 e. The second-order valence-corrected chi connectivity index (χ2v) is 5.07. The molecule has 0 aliphatic carbocycles. The minimum absolute atomic E-state index is 0. The summed E-state index contributed by atoms with van der Waals surface area (Å²) in [6, 6.07) is 5.91. The van der Waals surface area contributed by atoms with Crippen LogP contribution in [-0.4, -0.2) is 32.8 Å². The summed E-state index contributed by atoms with van der Waals surface area (Å²) in [6.45, 7) is 3.02. The van der Waals surface area contributed by atoms with Gasteiger partial charge in [0.25, 0.3) is 0 Å². The summed E-state index contributed by atoms with van der Waals surface area (Å²) in [5, 5.41) is 3.05. The van der Waals surface area contributed by atoms with Crippen LogP contribution in [0.5, 0.6) is 5.75 Å². The highest BCUT2D eigenvalue weighted by Gasteiger charge is 2.05. The highest BCUT2D eigenvalue weighted by molar-refractivity contribution is 14.0. The lowest BCUT2D eigenvalue weighted by Crippen LogP contribution is -2.40. The number of aliphatic imine (C=N–C) groups is 1. The predicted molar refractivity (Wildman–Crippen MR) is 95.9 cm³/mol. The summed E-state index contributed by atoms with van der Waals surface area (Å²) in [4.78, 5) is 4.29. The maximum Gasteiger partial charge on any atom is 0.189 e. The molecule has 0 aliphatic heterocycles. The highest BCUT2D eigenvalue weighted by Crippen LogP contribution is 2.23. The zero-order valence-corrected chi connectivity index (χ0v) is 15.8. The topological polar surface area (TPSA) is 68.9 Å². The van der Waals surface area contributed by atoms with Gasteiger partial charge in [0.2, 0.25) is 0 Å². The zero-order chi connectivity index (χ0) is 14.3. The summed E-state index contributed by atoms with van der Waals surface area (Å²) in [5.74, 6) is 1.19. The molecule has 0 amide bonds. The first kappa shape index (κ1) is 19.5. The Kier molecular flexibility index (Phi) is 9.95. The molecule has 1 atom stereocenters. The van der Waals surface area contributed by atoms with E-state index in [1.807, 2.05) is 25.1 Å². The van der Waals surface area contributed by atoms with Crippen LogP contribution in [0.1, 0.15) is 12.5 Å². The molecule has 20 heavy (non-hydrogen) atoms. The average molecular weight is 458 g/mol. The van der Waals surface area contributed by atoms with Gasteiger partial charge >= 0.3 is 0 Å². The van der Waals surface area contributed by atoms with Gasteiger partial charge in [-0.25, -0.2) is 4.99 Å². The van der Waals surface area contributed by atoms with Gasteiger partial charge in [-0.05, 0) is 25.1 Å². The molecule has 114 valence electrons. The molecule has 0 spiro atoms. The van der Waals surface area contributed by atoms with E-state index in [-0.39, 0.29) is 30.0 Å². The van der Waals surface area contributed by atoms with E-state index < -0.39 is 0 Å². The van der Waals surface area contributed by atoms with E-state index in [0.29, 0.717) is 19.1 Å². The lowest BCUT2D eigenvalue weighted by molar-refractivity contribution is 0.179. The van der Waals surface area contributed by atoms with Crippen LogP contribution in [0.25, 0.3) is 0 Å². The van der Waals surface area contributed by atoms with Gasteiger partial charge in [0.1, 0.15) is 5.75 Å². The van der Waals surface area contributed by atoms with E-state index in [2.05, 4.69) is 26.2 Å². The number of ether oxygens (including phenoxy) is 2.